The highest BCUT2D eigenvalue weighted by Crippen LogP contribution is 2.60. The number of rotatable bonds is 8. The minimum atomic E-state index is -3.46. The van der Waals surface area contributed by atoms with Crippen molar-refractivity contribution in [2.75, 3.05) is 25.2 Å². The number of anilines is 1. The highest BCUT2D eigenvalue weighted by molar-refractivity contribution is 9.10. The second-order valence-electron chi connectivity index (χ2n) is 13.0. The van der Waals surface area contributed by atoms with Crippen LogP contribution in [0.4, 0.5) is 9.80 Å². The molecule has 1 spiro atoms. The summed E-state index contributed by atoms with van der Waals surface area (Å²) in [6.07, 6.45) is 2.34. The number of carbonyl (C=O) groups is 2. The van der Waals surface area contributed by atoms with Crippen molar-refractivity contribution < 1.29 is 28.3 Å². The average molecular weight is 713 g/mol. The van der Waals surface area contributed by atoms with Crippen molar-refractivity contribution in [3.63, 3.8) is 0 Å². The first-order valence-corrected chi connectivity index (χ1v) is 19.4. The fourth-order valence-electron chi connectivity index (χ4n) is 7.84. The van der Waals surface area contributed by atoms with Gasteiger partial charge in [0.2, 0.25) is 14.3 Å². The van der Waals surface area contributed by atoms with Crippen molar-refractivity contribution in [2.45, 2.75) is 69.1 Å². The molecular weight excluding hydrogens is 673 g/mol. The Hall–Kier alpha value is -3.32. The van der Waals surface area contributed by atoms with Crippen LogP contribution >= 0.6 is 15.9 Å². The van der Waals surface area contributed by atoms with Gasteiger partial charge < -0.3 is 28.5 Å². The van der Waals surface area contributed by atoms with Gasteiger partial charge in [0.1, 0.15) is 0 Å². The molecule has 6 rings (SSSR count). The van der Waals surface area contributed by atoms with E-state index in [2.05, 4.69) is 15.9 Å². The number of carbonyl (C=O) groups excluding carboxylic acids is 2. The van der Waals surface area contributed by atoms with Crippen LogP contribution in [0.2, 0.25) is 18.6 Å². The third kappa shape index (κ3) is 5.42. The monoisotopic (exact) mass is 711 g/mol. The maximum atomic E-state index is 16.2. The van der Waals surface area contributed by atoms with Crippen LogP contribution in [-0.2, 0) is 26.5 Å². The predicted octanol–water partition coefficient (Wildman–Crippen LogP) is 5.30. The normalized spacial score (nSPS) is 25.8. The molecule has 46 heavy (non-hydrogen) atoms. The van der Waals surface area contributed by atoms with Crippen LogP contribution in [0.5, 0.6) is 5.75 Å². The van der Waals surface area contributed by atoms with E-state index < -0.39 is 31.6 Å². The molecule has 5 atom stereocenters. The lowest BCUT2D eigenvalue weighted by Crippen LogP contribution is -2.45. The van der Waals surface area contributed by atoms with Gasteiger partial charge in [-0.05, 0) is 74.0 Å². The minimum absolute atomic E-state index is 0.0540. The molecule has 4 heterocycles. The van der Waals surface area contributed by atoms with E-state index in [1.807, 2.05) is 49.4 Å². The number of ether oxygens (including phenoxy) is 2. The van der Waals surface area contributed by atoms with E-state index in [0.717, 1.165) is 22.9 Å². The Bertz CT molecular complexity index is 1730. The van der Waals surface area contributed by atoms with Crippen LogP contribution in [-0.4, -0.2) is 67.2 Å². The summed E-state index contributed by atoms with van der Waals surface area (Å²) < 4.78 is 30.5. The Morgan fingerprint density at radius 2 is 1.96 bits per heavy atom. The third-order valence-electron chi connectivity index (χ3n) is 9.87. The number of methoxy groups -OCH3 is 1. The van der Waals surface area contributed by atoms with Gasteiger partial charge in [0, 0.05) is 39.9 Å². The molecule has 0 bridgehead atoms. The van der Waals surface area contributed by atoms with Gasteiger partial charge in [-0.3, -0.25) is 19.0 Å². The molecule has 12 heteroatoms. The molecule has 3 aromatic rings. The van der Waals surface area contributed by atoms with Crippen molar-refractivity contribution in [1.82, 2.24) is 9.47 Å². The number of pyridine rings is 1. The second kappa shape index (κ2) is 12.4. The first-order valence-electron chi connectivity index (χ1n) is 15.6. The zero-order valence-corrected chi connectivity index (χ0v) is 29.0. The quantitative estimate of drug-likeness (QED) is 0.251. The maximum Gasteiger partial charge on any atom is 0.297 e. The van der Waals surface area contributed by atoms with E-state index in [0.29, 0.717) is 23.5 Å². The number of benzene rings is 2. The topological polar surface area (TPSA) is 101 Å². The Labute approximate surface area is 277 Å². The van der Waals surface area contributed by atoms with Gasteiger partial charge in [-0.15, -0.1) is 0 Å². The molecular formula is C34H39BrFN3O6Si. The maximum absolute atomic E-state index is 16.2. The predicted molar refractivity (Wildman–Crippen MR) is 178 cm³/mol. The van der Waals surface area contributed by atoms with E-state index in [9.17, 15) is 19.5 Å². The molecule has 244 valence electrons. The molecule has 0 saturated carbocycles. The summed E-state index contributed by atoms with van der Waals surface area (Å²) in [4.78, 5) is 44.6. The van der Waals surface area contributed by atoms with Crippen LogP contribution in [0.15, 0.2) is 70.1 Å². The van der Waals surface area contributed by atoms with Crippen molar-refractivity contribution in [2.24, 2.45) is 5.92 Å². The average Bonchev–Trinajstić information content (AvgIpc) is 3.68. The molecule has 2 amide bonds. The molecule has 1 N–H and O–H groups in total. The summed E-state index contributed by atoms with van der Waals surface area (Å²) in [5.41, 5.74) is 0.311. The lowest BCUT2D eigenvalue weighted by molar-refractivity contribution is -0.150. The number of nitrogens with zero attached hydrogens (tertiary/aromatic N) is 3. The van der Waals surface area contributed by atoms with Gasteiger partial charge >= 0.3 is 0 Å². The number of likely N-dealkylation sites (tertiary alicyclic amines) is 1. The summed E-state index contributed by atoms with van der Waals surface area (Å²) in [6.45, 7) is 5.72. The molecule has 2 aromatic carbocycles. The van der Waals surface area contributed by atoms with Crippen molar-refractivity contribution in [1.29, 1.82) is 0 Å². The second-order valence-corrected chi connectivity index (χ2v) is 17.7. The van der Waals surface area contributed by atoms with Gasteiger partial charge in [0.15, 0.2) is 11.4 Å². The van der Waals surface area contributed by atoms with E-state index >= 15 is 4.11 Å². The van der Waals surface area contributed by atoms with Crippen molar-refractivity contribution in [3.8, 4) is 11.4 Å². The molecule has 2 fully saturated rings. The highest BCUT2D eigenvalue weighted by atomic mass is 79.9. The SMILES string of the molecule is COc1cccn(-c2cccc(CN3C(=O)[C@]4(O[C@H](CC(=O)N5CCC[C@H]5CO)[C@@H]([Si](C)(C)F)[C@@H]4C)c4cc(Br)ccc43)c2)c1=O. The van der Waals surface area contributed by atoms with Crippen LogP contribution in [0, 0.1) is 5.92 Å². The summed E-state index contributed by atoms with van der Waals surface area (Å²) in [5, 5.41) is 9.82. The molecule has 0 radical (unpaired) electrons. The lowest BCUT2D eigenvalue weighted by Gasteiger charge is -2.31. The number of hydrogen-bond donors (Lipinski definition) is 1. The van der Waals surface area contributed by atoms with E-state index in [-0.39, 0.29) is 48.7 Å². The minimum Gasteiger partial charge on any atom is -0.491 e. The molecule has 2 saturated heterocycles. The Morgan fingerprint density at radius 3 is 2.67 bits per heavy atom. The fraction of sp³-hybridized carbons (Fsp3) is 0.441. The smallest absolute Gasteiger partial charge is 0.297 e. The largest absolute Gasteiger partial charge is 0.491 e. The Balaban J connectivity index is 1.37. The van der Waals surface area contributed by atoms with Crippen molar-refractivity contribution in [3.05, 3.63) is 86.7 Å². The fourth-order valence-corrected chi connectivity index (χ4v) is 10.7. The third-order valence-corrected chi connectivity index (χ3v) is 12.8. The summed E-state index contributed by atoms with van der Waals surface area (Å²) >= 11 is 3.57. The number of aromatic nitrogens is 1. The van der Waals surface area contributed by atoms with Crippen molar-refractivity contribution >= 4 is 41.8 Å². The first kappa shape index (κ1) is 32.6. The summed E-state index contributed by atoms with van der Waals surface area (Å²) in [7, 11) is -2.02. The molecule has 3 aliphatic heterocycles. The number of fused-ring (bicyclic) bond motifs is 2. The Kier molecular flexibility index (Phi) is 8.77. The van der Waals surface area contributed by atoms with Crippen LogP contribution < -0.4 is 15.2 Å². The molecule has 1 aromatic heterocycles. The van der Waals surface area contributed by atoms with E-state index in [4.69, 9.17) is 9.47 Å². The number of aliphatic hydroxyl groups is 1. The van der Waals surface area contributed by atoms with Crippen LogP contribution in [0.1, 0.15) is 37.3 Å². The number of aliphatic hydroxyl groups excluding tert-OH is 1. The molecule has 0 aliphatic carbocycles. The zero-order valence-electron chi connectivity index (χ0n) is 26.4. The Morgan fingerprint density at radius 1 is 1.17 bits per heavy atom. The van der Waals surface area contributed by atoms with Gasteiger partial charge in [-0.25, -0.2) is 0 Å². The van der Waals surface area contributed by atoms with E-state index in [1.165, 1.54) is 11.7 Å². The van der Waals surface area contributed by atoms with Gasteiger partial charge in [-0.2, -0.15) is 0 Å². The van der Waals surface area contributed by atoms with Crippen LogP contribution in [0.3, 0.4) is 0 Å². The number of hydrogen-bond acceptors (Lipinski definition) is 6. The lowest BCUT2D eigenvalue weighted by atomic mass is 9.82. The van der Waals surface area contributed by atoms with Gasteiger partial charge in [0.05, 0.1) is 44.5 Å². The van der Waals surface area contributed by atoms with Crippen LogP contribution in [0.25, 0.3) is 5.69 Å². The van der Waals surface area contributed by atoms with Gasteiger partial charge in [-0.1, -0.05) is 35.0 Å². The summed E-state index contributed by atoms with van der Waals surface area (Å²) in [5.74, 6) is -0.813. The van der Waals surface area contributed by atoms with Gasteiger partial charge in [0.25, 0.3) is 11.5 Å². The highest BCUT2D eigenvalue weighted by Gasteiger charge is 2.67. The molecule has 3 aliphatic rings. The first-order chi connectivity index (χ1) is 21.9. The summed E-state index contributed by atoms with van der Waals surface area (Å²) in [6, 6.07) is 16.1. The standard InChI is InChI=1S/C34H39BrFN3O6Si/c1-21-31(46(3,4)36)29(18-30(41)37-14-6-10-25(37)20-40)45-34(21)26-17-23(35)12-13-27(26)39(33(34)43)19-22-8-5-9-24(16-22)38-15-7-11-28(44-2)32(38)42/h5,7-9,11-13,15-17,21,25,29,31,40H,6,10,14,18-20H2,1-4H3/t21-,25-,29+,31-,34+/m0/s1. The molecule has 9 nitrogen and oxygen atoms in total. The molecule has 0 unspecified atom stereocenters. The number of amides is 2. The zero-order chi connectivity index (χ0) is 33.0. The van der Waals surface area contributed by atoms with E-state index in [1.54, 1.807) is 41.2 Å². The number of halogens is 2.